The maximum Gasteiger partial charge on any atom is 0.161 e. The van der Waals surface area contributed by atoms with Crippen LogP contribution in [-0.2, 0) is 17.9 Å². The van der Waals surface area contributed by atoms with Gasteiger partial charge in [0.15, 0.2) is 11.5 Å². The molecule has 0 aliphatic heterocycles. The van der Waals surface area contributed by atoms with Crippen molar-refractivity contribution in [1.29, 1.82) is 0 Å². The molecule has 0 aliphatic carbocycles. The van der Waals surface area contributed by atoms with E-state index in [2.05, 4.69) is 5.32 Å². The van der Waals surface area contributed by atoms with Gasteiger partial charge in [0.05, 0.1) is 6.26 Å². The Morgan fingerprint density at radius 2 is 2.05 bits per heavy atom. The van der Waals surface area contributed by atoms with Crippen molar-refractivity contribution in [3.8, 4) is 11.5 Å². The third-order valence-corrected chi connectivity index (χ3v) is 2.88. The molecule has 1 aromatic heterocycles. The number of benzene rings is 1. The summed E-state index contributed by atoms with van der Waals surface area (Å²) in [6.45, 7) is 2.41. The lowest BCUT2D eigenvalue weighted by molar-refractivity contribution is 0.104. The third kappa shape index (κ3) is 4.29. The molecular weight excluding hydrogens is 258 g/mol. The molecule has 3 N–H and O–H groups in total. The molecule has 0 bridgehead atoms. The fourth-order valence-electron chi connectivity index (χ4n) is 1.81. The summed E-state index contributed by atoms with van der Waals surface area (Å²) in [4.78, 5) is 0. The van der Waals surface area contributed by atoms with Crippen molar-refractivity contribution in [3.63, 3.8) is 0 Å². The highest BCUT2D eigenvalue weighted by atomic mass is 16.5. The standard InChI is InChI=1S/C15H19NO4/c17-14-6-1-4-12(15(14)18)10-16-7-3-8-19-11-13-5-2-9-20-13/h1-2,4-6,9,16-18H,3,7-8,10-11H2. The molecule has 0 fully saturated rings. The first-order chi connectivity index (χ1) is 9.77. The van der Waals surface area contributed by atoms with Crippen LogP contribution in [0.5, 0.6) is 11.5 Å². The molecular formula is C15H19NO4. The van der Waals surface area contributed by atoms with E-state index in [0.717, 1.165) is 18.7 Å². The van der Waals surface area contributed by atoms with Crippen LogP contribution < -0.4 is 5.32 Å². The summed E-state index contributed by atoms with van der Waals surface area (Å²) in [6.07, 6.45) is 2.49. The van der Waals surface area contributed by atoms with Gasteiger partial charge in [-0.25, -0.2) is 0 Å². The normalized spacial score (nSPS) is 10.8. The number of phenolic OH excluding ortho intramolecular Hbond substituents is 2. The lowest BCUT2D eigenvalue weighted by atomic mass is 10.2. The zero-order valence-corrected chi connectivity index (χ0v) is 11.2. The molecule has 0 saturated heterocycles. The summed E-state index contributed by atoms with van der Waals surface area (Å²) < 4.78 is 10.6. The highest BCUT2D eigenvalue weighted by Crippen LogP contribution is 2.27. The van der Waals surface area contributed by atoms with Gasteiger partial charge in [-0.1, -0.05) is 12.1 Å². The molecule has 0 unspecified atom stereocenters. The van der Waals surface area contributed by atoms with Crippen LogP contribution in [0, 0.1) is 0 Å². The quantitative estimate of drug-likeness (QED) is 0.510. The van der Waals surface area contributed by atoms with Crippen molar-refractivity contribution in [2.45, 2.75) is 19.6 Å². The molecule has 0 aliphatic rings. The van der Waals surface area contributed by atoms with Crippen LogP contribution in [0.25, 0.3) is 0 Å². The van der Waals surface area contributed by atoms with Crippen LogP contribution in [-0.4, -0.2) is 23.4 Å². The number of rotatable bonds is 8. The van der Waals surface area contributed by atoms with Gasteiger partial charge in [-0.2, -0.15) is 0 Å². The van der Waals surface area contributed by atoms with Gasteiger partial charge in [-0.05, 0) is 31.2 Å². The maximum atomic E-state index is 9.62. The minimum atomic E-state index is -0.0916. The van der Waals surface area contributed by atoms with E-state index in [0.29, 0.717) is 25.3 Å². The Morgan fingerprint density at radius 3 is 2.85 bits per heavy atom. The zero-order chi connectivity index (χ0) is 14.2. The Kier molecular flexibility index (Phi) is 5.46. The fourth-order valence-corrected chi connectivity index (χ4v) is 1.81. The van der Waals surface area contributed by atoms with E-state index in [1.165, 1.54) is 6.07 Å². The largest absolute Gasteiger partial charge is 0.504 e. The number of hydrogen-bond donors (Lipinski definition) is 3. The van der Waals surface area contributed by atoms with Crippen molar-refractivity contribution in [3.05, 3.63) is 47.9 Å². The van der Waals surface area contributed by atoms with Crippen LogP contribution in [0.3, 0.4) is 0 Å². The van der Waals surface area contributed by atoms with Gasteiger partial charge >= 0.3 is 0 Å². The maximum absolute atomic E-state index is 9.62. The highest BCUT2D eigenvalue weighted by molar-refractivity contribution is 5.44. The van der Waals surface area contributed by atoms with Gasteiger partial charge in [-0.15, -0.1) is 0 Å². The SMILES string of the molecule is Oc1cccc(CNCCCOCc2ccco2)c1O. The molecule has 108 valence electrons. The fraction of sp³-hybridized carbons (Fsp3) is 0.333. The summed E-state index contributed by atoms with van der Waals surface area (Å²) >= 11 is 0. The number of phenols is 2. The predicted molar refractivity (Wildman–Crippen MR) is 74.5 cm³/mol. The van der Waals surface area contributed by atoms with E-state index >= 15 is 0 Å². The summed E-state index contributed by atoms with van der Waals surface area (Å²) in [7, 11) is 0. The van der Waals surface area contributed by atoms with Crippen LogP contribution in [0.15, 0.2) is 41.0 Å². The average molecular weight is 277 g/mol. The monoisotopic (exact) mass is 277 g/mol. The Hall–Kier alpha value is -1.98. The second kappa shape index (κ2) is 7.57. The number of para-hydroxylation sites is 1. The summed E-state index contributed by atoms with van der Waals surface area (Å²) in [5.41, 5.74) is 0.682. The van der Waals surface area contributed by atoms with Gasteiger partial charge < -0.3 is 24.7 Å². The Balaban J connectivity index is 1.56. The lowest BCUT2D eigenvalue weighted by Gasteiger charge is -2.08. The number of nitrogens with one attached hydrogen (secondary N) is 1. The molecule has 20 heavy (non-hydrogen) atoms. The Bertz CT molecular complexity index is 511. The molecule has 2 aromatic rings. The van der Waals surface area contributed by atoms with Gasteiger partial charge in [0.1, 0.15) is 12.4 Å². The number of aromatic hydroxyl groups is 2. The van der Waals surface area contributed by atoms with Crippen LogP contribution >= 0.6 is 0 Å². The second-order valence-corrected chi connectivity index (χ2v) is 4.45. The van der Waals surface area contributed by atoms with E-state index in [1.54, 1.807) is 18.4 Å². The predicted octanol–water partition coefficient (Wildman–Crippen LogP) is 2.39. The number of hydrogen-bond acceptors (Lipinski definition) is 5. The number of furan rings is 1. The lowest BCUT2D eigenvalue weighted by Crippen LogP contribution is -2.16. The summed E-state index contributed by atoms with van der Waals surface area (Å²) in [5.74, 6) is 0.669. The summed E-state index contributed by atoms with van der Waals surface area (Å²) in [6, 6.07) is 8.65. The van der Waals surface area contributed by atoms with E-state index < -0.39 is 0 Å². The highest BCUT2D eigenvalue weighted by Gasteiger charge is 2.04. The van der Waals surface area contributed by atoms with E-state index in [9.17, 15) is 10.2 Å². The second-order valence-electron chi connectivity index (χ2n) is 4.45. The van der Waals surface area contributed by atoms with Gasteiger partial charge in [0, 0.05) is 18.7 Å². The van der Waals surface area contributed by atoms with Crippen molar-refractivity contribution in [2.24, 2.45) is 0 Å². The summed E-state index contributed by atoms with van der Waals surface area (Å²) in [5, 5.41) is 22.2. The van der Waals surface area contributed by atoms with Crippen molar-refractivity contribution in [1.82, 2.24) is 5.32 Å². The molecule has 0 atom stereocenters. The smallest absolute Gasteiger partial charge is 0.161 e. The minimum absolute atomic E-state index is 0.0610. The van der Waals surface area contributed by atoms with Crippen LogP contribution in [0.4, 0.5) is 0 Å². The average Bonchev–Trinajstić information content (AvgIpc) is 2.95. The van der Waals surface area contributed by atoms with E-state index in [-0.39, 0.29) is 11.5 Å². The first-order valence-electron chi connectivity index (χ1n) is 6.58. The molecule has 0 spiro atoms. The van der Waals surface area contributed by atoms with E-state index in [4.69, 9.17) is 9.15 Å². The molecule has 2 rings (SSSR count). The number of ether oxygens (including phenoxy) is 1. The first-order valence-corrected chi connectivity index (χ1v) is 6.58. The first kappa shape index (κ1) is 14.4. The molecule has 5 heteroatoms. The van der Waals surface area contributed by atoms with Gasteiger partial charge in [0.2, 0.25) is 0 Å². The van der Waals surface area contributed by atoms with Crippen LogP contribution in [0.1, 0.15) is 17.7 Å². The molecule has 0 radical (unpaired) electrons. The van der Waals surface area contributed by atoms with E-state index in [1.807, 2.05) is 12.1 Å². The van der Waals surface area contributed by atoms with Crippen molar-refractivity contribution < 1.29 is 19.4 Å². The van der Waals surface area contributed by atoms with Gasteiger partial charge in [0.25, 0.3) is 0 Å². The van der Waals surface area contributed by atoms with Crippen molar-refractivity contribution >= 4 is 0 Å². The van der Waals surface area contributed by atoms with Crippen molar-refractivity contribution in [2.75, 3.05) is 13.2 Å². The molecule has 1 aromatic carbocycles. The minimum Gasteiger partial charge on any atom is -0.504 e. The zero-order valence-electron chi connectivity index (χ0n) is 11.2. The van der Waals surface area contributed by atoms with Crippen LogP contribution in [0.2, 0.25) is 0 Å². The molecule has 1 heterocycles. The van der Waals surface area contributed by atoms with Gasteiger partial charge in [-0.3, -0.25) is 0 Å². The Morgan fingerprint density at radius 1 is 1.15 bits per heavy atom. The molecule has 0 amide bonds. The topological polar surface area (TPSA) is 74.9 Å². The molecule has 5 nitrogen and oxygen atoms in total. The third-order valence-electron chi connectivity index (χ3n) is 2.88. The molecule has 0 saturated carbocycles. The Labute approximate surface area is 117 Å².